The van der Waals surface area contributed by atoms with Crippen molar-refractivity contribution in [3.63, 3.8) is 0 Å². The third-order valence-corrected chi connectivity index (χ3v) is 8.53. The predicted octanol–water partition coefficient (Wildman–Crippen LogP) is 3.72. The summed E-state index contributed by atoms with van der Waals surface area (Å²) in [6, 6.07) is 12.2. The first-order valence-electron chi connectivity index (χ1n) is 10.1. The van der Waals surface area contributed by atoms with Crippen LogP contribution in [0.1, 0.15) is 50.2 Å². The zero-order chi connectivity index (χ0) is 21.8. The smallest absolute Gasteiger partial charge is 0.244 e. The maximum atomic E-state index is 13.7. The molecule has 0 spiro atoms. The Balaban J connectivity index is 1.85. The fourth-order valence-corrected chi connectivity index (χ4v) is 6.35. The lowest BCUT2D eigenvalue weighted by Crippen LogP contribution is -2.64. The minimum absolute atomic E-state index is 0.165. The molecule has 0 aliphatic carbocycles. The van der Waals surface area contributed by atoms with Crippen molar-refractivity contribution >= 4 is 15.7 Å². The first kappa shape index (κ1) is 20.7. The van der Waals surface area contributed by atoms with Gasteiger partial charge in [-0.2, -0.15) is 0 Å². The molecule has 6 nitrogen and oxygen atoms in total. The van der Waals surface area contributed by atoms with Crippen molar-refractivity contribution in [3.8, 4) is 11.5 Å². The lowest BCUT2D eigenvalue weighted by atomic mass is 9.80. The van der Waals surface area contributed by atoms with E-state index in [9.17, 15) is 13.2 Å². The van der Waals surface area contributed by atoms with Gasteiger partial charge in [-0.05, 0) is 48.7 Å². The molecule has 2 aliphatic heterocycles. The minimum Gasteiger partial charge on any atom is -0.497 e. The van der Waals surface area contributed by atoms with Crippen LogP contribution < -0.4 is 9.47 Å². The largest absolute Gasteiger partial charge is 0.497 e. The highest BCUT2D eigenvalue weighted by Crippen LogP contribution is 2.50. The average Bonchev–Trinajstić information content (AvgIpc) is 2.72. The van der Waals surface area contributed by atoms with Gasteiger partial charge in [-0.3, -0.25) is 4.79 Å². The second-order valence-corrected chi connectivity index (χ2v) is 10.6. The number of fused-ring (bicyclic) bond motifs is 4. The van der Waals surface area contributed by atoms with E-state index >= 15 is 0 Å². The number of sulfone groups is 1. The number of hydrogen-bond donors (Lipinski definition) is 0. The van der Waals surface area contributed by atoms with E-state index < -0.39 is 32.6 Å². The molecular formula is C23H27NO5S. The van der Waals surface area contributed by atoms with E-state index in [0.29, 0.717) is 29.4 Å². The molecule has 1 amide bonds. The van der Waals surface area contributed by atoms with Gasteiger partial charge in [0.25, 0.3) is 0 Å². The van der Waals surface area contributed by atoms with Gasteiger partial charge in [-0.1, -0.05) is 26.0 Å². The lowest BCUT2D eigenvalue weighted by Gasteiger charge is -2.51. The molecule has 2 bridgehead atoms. The van der Waals surface area contributed by atoms with Crippen LogP contribution in [0.3, 0.4) is 0 Å². The van der Waals surface area contributed by atoms with Crippen LogP contribution in [0.4, 0.5) is 0 Å². The third-order valence-electron chi connectivity index (χ3n) is 6.40. The molecule has 2 aromatic rings. The van der Waals surface area contributed by atoms with Crippen LogP contribution in [0.15, 0.2) is 47.4 Å². The van der Waals surface area contributed by atoms with Crippen molar-refractivity contribution in [2.75, 3.05) is 14.2 Å². The second kappa shape index (κ2) is 7.01. The first-order valence-corrected chi connectivity index (χ1v) is 11.6. The van der Waals surface area contributed by atoms with Gasteiger partial charge in [0.15, 0.2) is 20.8 Å². The van der Waals surface area contributed by atoms with Crippen LogP contribution in [-0.4, -0.2) is 44.4 Å². The Kier molecular flexibility index (Phi) is 4.84. The monoisotopic (exact) mass is 429 g/mol. The maximum Gasteiger partial charge on any atom is 0.244 e. The van der Waals surface area contributed by atoms with Crippen molar-refractivity contribution in [1.82, 2.24) is 4.90 Å². The Morgan fingerprint density at radius 1 is 1.17 bits per heavy atom. The molecule has 160 valence electrons. The molecular weight excluding hydrogens is 402 g/mol. The normalized spacial score (nSPS) is 25.7. The third kappa shape index (κ3) is 3.07. The minimum atomic E-state index is -3.91. The Hall–Kier alpha value is -2.54. The molecule has 0 aromatic heterocycles. The molecule has 3 atom stereocenters. The van der Waals surface area contributed by atoms with E-state index in [-0.39, 0.29) is 4.90 Å². The summed E-state index contributed by atoms with van der Waals surface area (Å²) in [5, 5.41) is -1.21. The maximum absolute atomic E-state index is 13.7. The number of hydrogen-bond acceptors (Lipinski definition) is 5. The summed E-state index contributed by atoms with van der Waals surface area (Å²) in [4.78, 5) is 14.9. The van der Waals surface area contributed by atoms with Crippen molar-refractivity contribution in [3.05, 3.63) is 53.6 Å². The van der Waals surface area contributed by atoms with E-state index in [1.807, 2.05) is 19.1 Å². The number of amides is 1. The predicted molar refractivity (Wildman–Crippen MR) is 114 cm³/mol. The number of ether oxygens (including phenoxy) is 2. The van der Waals surface area contributed by atoms with Gasteiger partial charge in [-0.25, -0.2) is 8.42 Å². The number of rotatable bonds is 4. The number of methoxy groups -OCH3 is 1. The number of benzene rings is 2. The molecule has 30 heavy (non-hydrogen) atoms. The molecule has 0 unspecified atom stereocenters. The fourth-order valence-electron chi connectivity index (χ4n) is 4.44. The standard InChI is InChI=1S/C23H27NO5S/c1-14(2)15-6-9-17(10-7-15)30(26,27)21-19-13-23(3,24(4)22(21)25)29-20-11-8-16(28-5)12-18(19)20/h6-12,14,19,21H,13H2,1-5H3/t19-,21+,23+/m1/s1. The number of likely N-dealkylation sites (tertiary alicyclic amines) is 1. The van der Waals surface area contributed by atoms with Crippen LogP contribution in [0.25, 0.3) is 0 Å². The lowest BCUT2D eigenvalue weighted by molar-refractivity contribution is -0.159. The summed E-state index contributed by atoms with van der Waals surface area (Å²) in [6.45, 7) is 5.93. The van der Waals surface area contributed by atoms with E-state index in [0.717, 1.165) is 5.56 Å². The molecule has 4 rings (SSSR count). The Morgan fingerprint density at radius 2 is 1.83 bits per heavy atom. The quantitative estimate of drug-likeness (QED) is 0.741. The first-order chi connectivity index (χ1) is 14.1. The molecule has 7 heteroatoms. The highest BCUT2D eigenvalue weighted by atomic mass is 32.2. The molecule has 2 aliphatic rings. The molecule has 1 fully saturated rings. The van der Waals surface area contributed by atoms with Crippen LogP contribution in [0, 0.1) is 0 Å². The van der Waals surface area contributed by atoms with Crippen LogP contribution in [0.2, 0.25) is 0 Å². The Bertz CT molecular complexity index is 1090. The Morgan fingerprint density at radius 3 is 2.43 bits per heavy atom. The number of nitrogens with zero attached hydrogens (tertiary/aromatic N) is 1. The van der Waals surface area contributed by atoms with Gasteiger partial charge < -0.3 is 14.4 Å². The van der Waals surface area contributed by atoms with Gasteiger partial charge >= 0.3 is 0 Å². The van der Waals surface area contributed by atoms with Crippen molar-refractivity contribution in [2.24, 2.45) is 0 Å². The topological polar surface area (TPSA) is 72.9 Å². The van der Waals surface area contributed by atoms with E-state index in [4.69, 9.17) is 9.47 Å². The number of carbonyl (C=O) groups is 1. The van der Waals surface area contributed by atoms with Crippen LogP contribution >= 0.6 is 0 Å². The second-order valence-electron chi connectivity index (χ2n) is 8.58. The Labute approximate surface area is 177 Å². The fraction of sp³-hybridized carbons (Fsp3) is 0.435. The summed E-state index contributed by atoms with van der Waals surface area (Å²) in [5.41, 5.74) is 0.854. The van der Waals surface area contributed by atoms with Gasteiger partial charge in [0.1, 0.15) is 11.5 Å². The summed E-state index contributed by atoms with van der Waals surface area (Å²) in [7, 11) is -0.750. The van der Waals surface area contributed by atoms with Crippen LogP contribution in [0.5, 0.6) is 11.5 Å². The molecule has 2 heterocycles. The van der Waals surface area contributed by atoms with Crippen molar-refractivity contribution in [2.45, 2.75) is 54.9 Å². The van der Waals surface area contributed by atoms with Gasteiger partial charge in [0.2, 0.25) is 5.91 Å². The summed E-state index contributed by atoms with van der Waals surface area (Å²) >= 11 is 0. The van der Waals surface area contributed by atoms with E-state index in [1.54, 1.807) is 44.5 Å². The van der Waals surface area contributed by atoms with Gasteiger partial charge in [-0.15, -0.1) is 0 Å². The zero-order valence-corrected chi connectivity index (χ0v) is 18.7. The summed E-state index contributed by atoms with van der Waals surface area (Å²) in [6.07, 6.45) is 0.392. The zero-order valence-electron chi connectivity index (χ0n) is 17.9. The SMILES string of the molecule is COc1ccc2c(c1)[C@H]1C[C@](C)(O2)N(C)C(=O)[C@H]1S(=O)(=O)c1ccc(C(C)C)cc1. The van der Waals surface area contributed by atoms with Crippen molar-refractivity contribution in [1.29, 1.82) is 0 Å². The molecule has 0 saturated carbocycles. The molecule has 2 aromatic carbocycles. The highest BCUT2D eigenvalue weighted by molar-refractivity contribution is 7.92. The van der Waals surface area contributed by atoms with E-state index in [2.05, 4.69) is 13.8 Å². The van der Waals surface area contributed by atoms with Crippen molar-refractivity contribution < 1.29 is 22.7 Å². The average molecular weight is 430 g/mol. The van der Waals surface area contributed by atoms with Gasteiger partial charge in [0.05, 0.1) is 12.0 Å². The van der Waals surface area contributed by atoms with Gasteiger partial charge in [0, 0.05) is 24.9 Å². The number of carbonyl (C=O) groups excluding carboxylic acids is 1. The molecule has 0 N–H and O–H groups in total. The summed E-state index contributed by atoms with van der Waals surface area (Å²) in [5.74, 6) is 0.510. The highest BCUT2D eigenvalue weighted by Gasteiger charge is 2.57. The van der Waals surface area contributed by atoms with E-state index in [1.165, 1.54) is 4.90 Å². The molecule has 1 saturated heterocycles. The molecule has 0 radical (unpaired) electrons. The van der Waals surface area contributed by atoms with Crippen LogP contribution in [-0.2, 0) is 14.6 Å². The summed E-state index contributed by atoms with van der Waals surface area (Å²) < 4.78 is 38.8. The number of piperidine rings is 1.